The maximum absolute atomic E-state index is 11.4. The number of esters is 2. The third-order valence-electron chi connectivity index (χ3n) is 1.60. The molecule has 0 aliphatic carbocycles. The Morgan fingerprint density at radius 3 is 2.10 bits per heavy atom. The molecule has 118 valence electrons. The van der Waals surface area contributed by atoms with Crippen LogP contribution in [0.2, 0.25) is 0 Å². The third-order valence-corrected chi connectivity index (χ3v) is 1.60. The summed E-state index contributed by atoms with van der Waals surface area (Å²) in [5, 5.41) is 6.89. The first-order chi connectivity index (χ1) is 8.62. The fraction of sp³-hybridized carbons (Fsp3) is 0.750. The molecule has 0 unspecified atom stereocenters. The Labute approximate surface area is 133 Å². The van der Waals surface area contributed by atoms with Crippen molar-refractivity contribution in [3.8, 4) is 0 Å². The zero-order chi connectivity index (χ0) is 15.5. The molecule has 20 heavy (non-hydrogen) atoms. The summed E-state index contributed by atoms with van der Waals surface area (Å²) in [6.45, 7) is 7.57. The van der Waals surface area contributed by atoms with Gasteiger partial charge < -0.3 is 14.6 Å². The number of carboxylic acid groups (broad SMARTS) is 1. The molecule has 7 nitrogen and oxygen atoms in total. The van der Waals surface area contributed by atoms with Crippen molar-refractivity contribution in [2.24, 2.45) is 0 Å². The monoisotopic (exact) mass is 461 g/mol. The minimum Gasteiger partial charge on any atom is -0.483 e. The van der Waals surface area contributed by atoms with Gasteiger partial charge in [-0.1, -0.05) is 0 Å². The quantitative estimate of drug-likeness (QED) is 0.472. The van der Waals surface area contributed by atoms with Gasteiger partial charge in [0.1, 0.15) is 12.2 Å². The molecule has 0 heterocycles. The Hall–Kier alpha value is -0.942. The van der Waals surface area contributed by atoms with E-state index in [-0.39, 0.29) is 52.6 Å². The molecule has 0 rings (SSSR count). The van der Waals surface area contributed by atoms with Crippen LogP contribution < -0.4 is 0 Å². The Bertz CT molecular complexity index is 290. The number of likely N-dealkylation sites (N-methyl/N-ethyl adjacent to an activating group) is 1. The Balaban J connectivity index is -0.000000657. The molecule has 0 amide bonds. The number of carbonyl (C=O) groups excluding carboxylic acids is 2. The van der Waals surface area contributed by atoms with E-state index in [1.807, 2.05) is 20.8 Å². The molecule has 0 radical (unpaired) electrons. The summed E-state index contributed by atoms with van der Waals surface area (Å²) in [4.78, 5) is 32.0. The first-order valence-electron chi connectivity index (χ1n) is 5.74. The molecule has 0 aromatic rings. The summed E-state index contributed by atoms with van der Waals surface area (Å²) in [7, 11) is 1.77. The van der Waals surface area contributed by atoms with E-state index in [1.165, 1.54) is 6.92 Å². The molecule has 0 aliphatic heterocycles. The van der Waals surface area contributed by atoms with E-state index in [0.717, 1.165) is 0 Å². The van der Waals surface area contributed by atoms with E-state index >= 15 is 0 Å². The summed E-state index contributed by atoms with van der Waals surface area (Å²) in [6, 6.07) is 0. The Kier molecular flexibility index (Phi) is 15.7. The van der Waals surface area contributed by atoms with E-state index in [1.54, 1.807) is 11.9 Å². The molecule has 8 heteroatoms. The molecule has 0 atom stereocenters. The van der Waals surface area contributed by atoms with E-state index in [0.29, 0.717) is 6.54 Å². The Morgan fingerprint density at radius 2 is 1.75 bits per heavy atom. The van der Waals surface area contributed by atoms with Crippen LogP contribution in [0.3, 0.4) is 0 Å². The zero-order valence-electron chi connectivity index (χ0n) is 12.5. The first-order valence-corrected chi connectivity index (χ1v) is 5.74. The van der Waals surface area contributed by atoms with E-state index in [9.17, 15) is 9.59 Å². The maximum Gasteiger partial charge on any atom is 0.320 e. The van der Waals surface area contributed by atoms with Crippen molar-refractivity contribution >= 4 is 18.4 Å². The van der Waals surface area contributed by atoms with Crippen LogP contribution in [0.4, 0.5) is 0 Å². The van der Waals surface area contributed by atoms with Crippen LogP contribution in [0, 0.1) is 0 Å². The molecule has 0 aromatic carbocycles. The predicted molar refractivity (Wildman–Crippen MR) is 68.7 cm³/mol. The molecule has 0 spiro atoms. The number of rotatable bonds is 5. The molecule has 1 N–H and O–H groups in total. The maximum atomic E-state index is 11.4. The van der Waals surface area contributed by atoms with Gasteiger partial charge in [-0.15, -0.1) is 0 Å². The van der Waals surface area contributed by atoms with Crippen molar-refractivity contribution in [3.05, 3.63) is 0 Å². The second-order valence-electron chi connectivity index (χ2n) is 4.77. The smallest absolute Gasteiger partial charge is 0.320 e. The van der Waals surface area contributed by atoms with Gasteiger partial charge in [0.05, 0.1) is 6.54 Å². The van der Waals surface area contributed by atoms with Crippen LogP contribution in [0.1, 0.15) is 27.7 Å². The van der Waals surface area contributed by atoms with Crippen molar-refractivity contribution in [2.75, 3.05) is 26.7 Å². The summed E-state index contributed by atoms with van der Waals surface area (Å²) in [6.07, 6.45) is 0. The standard InChI is InChI=1S/C11H21NO4.CH2O2.W/c1-9(13)15-7-6-12(5)8-10(14)16-11(2,3)4;2-1-3;/h6-8H2,1-5H3;1H,(H,2,3);. The summed E-state index contributed by atoms with van der Waals surface area (Å²) >= 11 is 0. The van der Waals surface area contributed by atoms with Crippen LogP contribution in [0.25, 0.3) is 0 Å². The van der Waals surface area contributed by atoms with Gasteiger partial charge in [-0.25, -0.2) is 0 Å². The van der Waals surface area contributed by atoms with Crippen LogP contribution in [-0.2, 0) is 44.9 Å². The number of hydrogen-bond acceptors (Lipinski definition) is 6. The average Bonchev–Trinajstić information content (AvgIpc) is 2.14. The summed E-state index contributed by atoms with van der Waals surface area (Å²) in [5.74, 6) is -0.594. The zero-order valence-corrected chi connectivity index (χ0v) is 15.5. The van der Waals surface area contributed by atoms with Crippen LogP contribution in [0.15, 0.2) is 0 Å². The van der Waals surface area contributed by atoms with Crippen molar-refractivity contribution < 1.29 is 50.0 Å². The molecular weight excluding hydrogens is 438 g/mol. The number of nitrogens with zero attached hydrogens (tertiary/aromatic N) is 1. The van der Waals surface area contributed by atoms with E-state index in [4.69, 9.17) is 19.4 Å². The van der Waals surface area contributed by atoms with Crippen LogP contribution in [0.5, 0.6) is 0 Å². The average molecular weight is 461 g/mol. The normalized spacial score (nSPS) is 9.70. The topological polar surface area (TPSA) is 93.1 Å². The minimum absolute atomic E-state index is 0. The molecule has 0 aromatic heterocycles. The summed E-state index contributed by atoms with van der Waals surface area (Å²) in [5.41, 5.74) is -0.464. The van der Waals surface area contributed by atoms with Crippen molar-refractivity contribution in [3.63, 3.8) is 0 Å². The molecule has 0 bridgehead atoms. The Morgan fingerprint density at radius 1 is 1.30 bits per heavy atom. The van der Waals surface area contributed by atoms with Crippen molar-refractivity contribution in [1.29, 1.82) is 0 Å². The largest absolute Gasteiger partial charge is 0.483 e. The molecule has 0 aliphatic rings. The van der Waals surface area contributed by atoms with Crippen molar-refractivity contribution in [2.45, 2.75) is 33.3 Å². The van der Waals surface area contributed by atoms with Crippen molar-refractivity contribution in [1.82, 2.24) is 4.90 Å². The summed E-state index contributed by atoms with van der Waals surface area (Å²) < 4.78 is 9.91. The van der Waals surface area contributed by atoms with Crippen LogP contribution in [-0.4, -0.2) is 60.8 Å². The molecule has 0 saturated carbocycles. The molecular formula is C12H23NO6W. The second kappa shape index (κ2) is 13.1. The number of hydrogen-bond donors (Lipinski definition) is 1. The van der Waals surface area contributed by atoms with Gasteiger partial charge in [-0.05, 0) is 27.8 Å². The van der Waals surface area contributed by atoms with Gasteiger partial charge in [0.25, 0.3) is 6.47 Å². The fourth-order valence-electron chi connectivity index (χ4n) is 1.02. The number of ether oxygens (including phenoxy) is 2. The van der Waals surface area contributed by atoms with Gasteiger partial charge in [-0.2, -0.15) is 0 Å². The van der Waals surface area contributed by atoms with Gasteiger partial charge in [0.15, 0.2) is 0 Å². The van der Waals surface area contributed by atoms with E-state index in [2.05, 4.69) is 0 Å². The van der Waals surface area contributed by atoms with Gasteiger partial charge >= 0.3 is 11.9 Å². The second-order valence-corrected chi connectivity index (χ2v) is 4.77. The fourth-order valence-corrected chi connectivity index (χ4v) is 1.02. The molecule has 0 saturated heterocycles. The minimum atomic E-state index is -0.464. The van der Waals surface area contributed by atoms with E-state index < -0.39 is 5.60 Å². The van der Waals surface area contributed by atoms with Crippen LogP contribution >= 0.6 is 0 Å². The van der Waals surface area contributed by atoms with Gasteiger partial charge in [0, 0.05) is 34.5 Å². The molecule has 0 fully saturated rings. The van der Waals surface area contributed by atoms with Gasteiger partial charge in [-0.3, -0.25) is 19.3 Å². The van der Waals surface area contributed by atoms with Gasteiger partial charge in [0.2, 0.25) is 0 Å². The number of carbonyl (C=O) groups is 3. The third kappa shape index (κ3) is 22.3. The SMILES string of the molecule is CC(=O)OCCN(C)CC(=O)OC(C)(C)C.O=CO.[W]. The predicted octanol–water partition coefficient (Wildman–Crippen LogP) is 0.521. The first kappa shape index (κ1) is 24.1.